The van der Waals surface area contributed by atoms with Crippen LogP contribution in [0.4, 0.5) is 42.9 Å². The third-order valence-corrected chi connectivity index (χ3v) is 15.8. The van der Waals surface area contributed by atoms with Gasteiger partial charge in [-0.05, 0) is 191 Å². The lowest BCUT2D eigenvalue weighted by Crippen LogP contribution is -2.17. The molecule has 0 unspecified atom stereocenters. The minimum Gasteiger partial charge on any atom is -0.306 e. The van der Waals surface area contributed by atoms with Gasteiger partial charge in [0.1, 0.15) is 11.6 Å². The first-order chi connectivity index (χ1) is 36.9. The van der Waals surface area contributed by atoms with Crippen molar-refractivity contribution in [3.63, 3.8) is 0 Å². The Morgan fingerprint density at radius 2 is 0.566 bits per heavy atom. The van der Waals surface area contributed by atoms with E-state index in [1.165, 1.54) is 0 Å². The SMILES string of the molecule is Cc1ccccc1-c1cc(F)c(N(c2c(C)cccc2C)c2ccc3ccc4c(N(c5c(C)cccc5C)c5c(F)cc(-c6ccccc6C)cc5-c5ccccc5C)ccc5ccc2c3c54)c(-c2ccccc2C)c1. The van der Waals surface area contributed by atoms with Gasteiger partial charge in [-0.1, -0.05) is 170 Å². The number of benzene rings is 12. The van der Waals surface area contributed by atoms with Crippen molar-refractivity contribution in [3.8, 4) is 44.5 Å². The summed E-state index contributed by atoms with van der Waals surface area (Å²) in [5.74, 6) is -0.641. The fourth-order valence-corrected chi connectivity index (χ4v) is 12.1. The maximum Gasteiger partial charge on any atom is 0.148 e. The van der Waals surface area contributed by atoms with Gasteiger partial charge in [-0.3, -0.25) is 0 Å². The number of rotatable bonds is 10. The molecule has 0 amide bonds. The Morgan fingerprint density at radius 3 is 0.908 bits per heavy atom. The molecule has 0 spiro atoms. The molecule has 0 aliphatic carbocycles. The Bertz CT molecular complexity index is 3950. The van der Waals surface area contributed by atoms with E-state index in [1.54, 1.807) is 12.1 Å². The molecule has 12 aromatic rings. The molecule has 0 fully saturated rings. The first-order valence-corrected chi connectivity index (χ1v) is 26.2. The molecule has 0 aliphatic rings. The topological polar surface area (TPSA) is 6.48 Å². The maximum absolute atomic E-state index is 18.2. The first kappa shape index (κ1) is 48.1. The van der Waals surface area contributed by atoms with Crippen molar-refractivity contribution in [2.24, 2.45) is 0 Å². The van der Waals surface area contributed by atoms with E-state index < -0.39 is 0 Å². The summed E-state index contributed by atoms with van der Waals surface area (Å²) >= 11 is 0. The van der Waals surface area contributed by atoms with E-state index >= 15 is 8.78 Å². The zero-order valence-corrected chi connectivity index (χ0v) is 44.3. The average molecular weight is 989 g/mol. The van der Waals surface area contributed by atoms with E-state index in [1.807, 2.05) is 48.5 Å². The molecule has 0 aliphatic heterocycles. The summed E-state index contributed by atoms with van der Waals surface area (Å²) in [5, 5.41) is 6.16. The summed E-state index contributed by atoms with van der Waals surface area (Å²) in [4.78, 5) is 4.36. The standard InChI is InChI=1S/C72H58F2N2/c1-43-19-9-13-27-55(43)53-39-61(57-29-15-11-21-45(57)3)71(63(73)41-53)75(69-47(5)23-17-24-48(69)6)65-37-33-51-32-36-60-66(38-34-52-31-35-59(65)67(51)68(52)60)76(70-49(7)25-18-26-50(70)8)72-62(58-30-16-12-22-46(58)4)40-54(42-64(72)74)56-28-14-10-20-44(56)2/h9-42H,1-8H3. The van der Waals surface area contributed by atoms with E-state index in [0.29, 0.717) is 11.4 Å². The maximum atomic E-state index is 18.2. The molecule has 12 aromatic carbocycles. The Labute approximate surface area is 445 Å². The highest BCUT2D eigenvalue weighted by Gasteiger charge is 2.31. The fraction of sp³-hybridized carbons (Fsp3) is 0.111. The number of halogens is 2. The Balaban J connectivity index is 1.16. The number of aryl methyl sites for hydroxylation is 8. The normalized spacial score (nSPS) is 11.6. The Morgan fingerprint density at radius 1 is 0.263 bits per heavy atom. The number of nitrogens with zero attached hydrogens (tertiary/aromatic N) is 2. The smallest absolute Gasteiger partial charge is 0.148 e. The molecule has 0 atom stereocenters. The molecule has 0 aromatic heterocycles. The number of hydrogen-bond acceptors (Lipinski definition) is 2. The molecule has 0 heterocycles. The highest BCUT2D eigenvalue weighted by atomic mass is 19.1. The molecule has 4 heteroatoms. The van der Waals surface area contributed by atoms with Gasteiger partial charge >= 0.3 is 0 Å². The van der Waals surface area contributed by atoms with Crippen molar-refractivity contribution in [2.45, 2.75) is 55.4 Å². The molecule has 12 rings (SSSR count). The molecule has 2 nitrogen and oxygen atoms in total. The predicted octanol–water partition coefficient (Wildman–Crippen LogP) is 20.9. The second-order valence-electron chi connectivity index (χ2n) is 20.7. The zero-order chi connectivity index (χ0) is 52.5. The number of para-hydroxylation sites is 2. The van der Waals surface area contributed by atoms with Crippen molar-refractivity contribution < 1.29 is 8.78 Å². The van der Waals surface area contributed by atoms with Crippen LogP contribution in [-0.4, -0.2) is 0 Å². The van der Waals surface area contributed by atoms with Gasteiger partial charge in [-0.25, -0.2) is 8.78 Å². The van der Waals surface area contributed by atoms with E-state index in [2.05, 4.69) is 211 Å². The van der Waals surface area contributed by atoms with Crippen molar-refractivity contribution in [3.05, 3.63) is 262 Å². The van der Waals surface area contributed by atoms with Crippen molar-refractivity contribution in [1.29, 1.82) is 0 Å². The van der Waals surface area contributed by atoms with Crippen LogP contribution in [0.3, 0.4) is 0 Å². The second kappa shape index (κ2) is 19.1. The van der Waals surface area contributed by atoms with Gasteiger partial charge in [-0.2, -0.15) is 0 Å². The molecular formula is C72H58F2N2. The molecule has 0 saturated carbocycles. The van der Waals surface area contributed by atoms with Crippen molar-refractivity contribution >= 4 is 66.4 Å². The molecule has 76 heavy (non-hydrogen) atoms. The van der Waals surface area contributed by atoms with Gasteiger partial charge in [0.05, 0.1) is 34.1 Å². The highest BCUT2D eigenvalue weighted by molar-refractivity contribution is 6.28. The zero-order valence-electron chi connectivity index (χ0n) is 44.3. The molecule has 0 saturated heterocycles. The van der Waals surface area contributed by atoms with Crippen LogP contribution >= 0.6 is 0 Å². The molecule has 0 radical (unpaired) electrons. The lowest BCUT2D eigenvalue weighted by molar-refractivity contribution is 0.629. The van der Waals surface area contributed by atoms with Gasteiger partial charge in [0, 0.05) is 21.9 Å². The fourth-order valence-electron chi connectivity index (χ4n) is 12.1. The average Bonchev–Trinajstić information content (AvgIpc) is 3.60. The molecular weight excluding hydrogens is 931 g/mol. The summed E-state index contributed by atoms with van der Waals surface area (Å²) in [7, 11) is 0. The van der Waals surface area contributed by atoms with Gasteiger partial charge in [0.25, 0.3) is 0 Å². The Hall–Kier alpha value is -8.86. The van der Waals surface area contributed by atoms with Crippen LogP contribution in [0.25, 0.3) is 76.8 Å². The molecule has 0 bridgehead atoms. The minimum absolute atomic E-state index is 0.321. The first-order valence-electron chi connectivity index (χ1n) is 26.2. The van der Waals surface area contributed by atoms with E-state index in [9.17, 15) is 0 Å². The third-order valence-electron chi connectivity index (χ3n) is 15.8. The highest BCUT2D eigenvalue weighted by Crippen LogP contribution is 2.54. The van der Waals surface area contributed by atoms with Crippen LogP contribution in [0.1, 0.15) is 44.5 Å². The number of hydrogen-bond donors (Lipinski definition) is 0. The van der Waals surface area contributed by atoms with Crippen LogP contribution in [0.15, 0.2) is 206 Å². The summed E-state index contributed by atoms with van der Waals surface area (Å²) in [6.07, 6.45) is 0. The van der Waals surface area contributed by atoms with Crippen molar-refractivity contribution in [1.82, 2.24) is 0 Å². The lowest BCUT2D eigenvalue weighted by atomic mass is 9.89. The van der Waals surface area contributed by atoms with Gasteiger partial charge in [0.15, 0.2) is 0 Å². The van der Waals surface area contributed by atoms with Crippen LogP contribution in [0.2, 0.25) is 0 Å². The van der Waals surface area contributed by atoms with Crippen LogP contribution in [-0.2, 0) is 0 Å². The third kappa shape index (κ3) is 7.99. The minimum atomic E-state index is -0.321. The predicted molar refractivity (Wildman–Crippen MR) is 319 cm³/mol. The summed E-state index contributed by atoms with van der Waals surface area (Å²) in [6.45, 7) is 16.8. The number of anilines is 6. The van der Waals surface area contributed by atoms with Gasteiger partial charge in [0.2, 0.25) is 0 Å². The monoisotopic (exact) mass is 988 g/mol. The van der Waals surface area contributed by atoms with Gasteiger partial charge < -0.3 is 9.80 Å². The largest absolute Gasteiger partial charge is 0.306 e. The second-order valence-corrected chi connectivity index (χ2v) is 20.7. The quantitative estimate of drug-likeness (QED) is 0.126. The van der Waals surface area contributed by atoms with Crippen LogP contribution < -0.4 is 9.80 Å². The van der Waals surface area contributed by atoms with Crippen LogP contribution in [0, 0.1) is 67.0 Å². The van der Waals surface area contributed by atoms with Gasteiger partial charge in [-0.15, -0.1) is 0 Å². The van der Waals surface area contributed by atoms with E-state index in [-0.39, 0.29) is 11.6 Å². The van der Waals surface area contributed by atoms with Crippen LogP contribution in [0.5, 0.6) is 0 Å². The summed E-state index contributed by atoms with van der Waals surface area (Å²) in [5.41, 5.74) is 20.0. The summed E-state index contributed by atoms with van der Waals surface area (Å²) in [6, 6.07) is 70.8. The summed E-state index contributed by atoms with van der Waals surface area (Å²) < 4.78 is 36.5. The van der Waals surface area contributed by atoms with Crippen molar-refractivity contribution in [2.75, 3.05) is 9.80 Å². The van der Waals surface area contributed by atoms with E-state index in [0.717, 1.165) is 144 Å². The molecule has 0 N–H and O–H groups in total. The lowest BCUT2D eigenvalue weighted by Gasteiger charge is -2.34. The molecule has 370 valence electrons. The Kier molecular flexibility index (Phi) is 12.1. The van der Waals surface area contributed by atoms with E-state index in [4.69, 9.17) is 0 Å².